The van der Waals surface area contributed by atoms with Gasteiger partial charge >= 0.3 is 5.97 Å². The Morgan fingerprint density at radius 2 is 2.28 bits per heavy atom. The average Bonchev–Trinajstić information content (AvgIpc) is 2.80. The van der Waals surface area contributed by atoms with Gasteiger partial charge in [0.25, 0.3) is 0 Å². The molecule has 2 aromatic rings. The quantitative estimate of drug-likeness (QED) is 0.921. The molecular weight excluding hydrogens is 250 g/mol. The van der Waals surface area contributed by atoms with E-state index in [1.165, 1.54) is 11.3 Å². The molecule has 0 unspecified atom stereocenters. The minimum absolute atomic E-state index is 0.112. The third-order valence-electron chi connectivity index (χ3n) is 2.66. The molecule has 0 aliphatic rings. The summed E-state index contributed by atoms with van der Waals surface area (Å²) in [5.41, 5.74) is 2.35. The van der Waals surface area contributed by atoms with Crippen molar-refractivity contribution < 1.29 is 14.6 Å². The van der Waals surface area contributed by atoms with E-state index in [1.807, 2.05) is 25.1 Å². The van der Waals surface area contributed by atoms with Crippen molar-refractivity contribution in [3.05, 3.63) is 45.4 Å². The number of carboxylic acids is 1. The summed E-state index contributed by atoms with van der Waals surface area (Å²) in [6.45, 7) is 2.00. The fourth-order valence-electron chi connectivity index (χ4n) is 1.65. The predicted molar refractivity (Wildman–Crippen MR) is 69.6 cm³/mol. The fourth-order valence-corrected chi connectivity index (χ4v) is 2.44. The molecule has 4 nitrogen and oxygen atoms in total. The molecule has 0 bridgehead atoms. The Bertz CT molecular complexity index is 577. The molecule has 0 saturated heterocycles. The van der Waals surface area contributed by atoms with Gasteiger partial charge in [0.05, 0.1) is 12.1 Å². The second kappa shape index (κ2) is 5.18. The van der Waals surface area contributed by atoms with Crippen molar-refractivity contribution in [3.8, 4) is 5.75 Å². The molecule has 0 radical (unpaired) electrons. The lowest BCUT2D eigenvalue weighted by Crippen LogP contribution is -1.98. The third-order valence-corrected chi connectivity index (χ3v) is 3.51. The summed E-state index contributed by atoms with van der Waals surface area (Å²) in [7, 11) is 1.63. The molecule has 0 saturated carbocycles. The minimum Gasteiger partial charge on any atom is -0.497 e. The molecule has 0 fully saturated rings. The highest BCUT2D eigenvalue weighted by molar-refractivity contribution is 7.09. The molecule has 2 rings (SSSR count). The Morgan fingerprint density at radius 3 is 2.83 bits per heavy atom. The first-order chi connectivity index (χ1) is 8.60. The molecule has 1 N–H and O–H groups in total. The molecular formula is C13H13NO3S. The highest BCUT2D eigenvalue weighted by atomic mass is 32.1. The SMILES string of the molecule is COc1ccc(Cc2nc(C(=O)O)cs2)c(C)c1. The normalized spacial score (nSPS) is 10.3. The third kappa shape index (κ3) is 2.68. The summed E-state index contributed by atoms with van der Waals surface area (Å²) in [5, 5.41) is 11.2. The first-order valence-corrected chi connectivity index (χ1v) is 6.29. The number of methoxy groups -OCH3 is 1. The summed E-state index contributed by atoms with van der Waals surface area (Å²) in [4.78, 5) is 14.8. The van der Waals surface area contributed by atoms with Crippen LogP contribution in [0, 0.1) is 6.92 Å². The molecule has 18 heavy (non-hydrogen) atoms. The highest BCUT2D eigenvalue weighted by Crippen LogP contribution is 2.21. The van der Waals surface area contributed by atoms with E-state index in [4.69, 9.17) is 9.84 Å². The number of rotatable bonds is 4. The molecule has 1 aromatic heterocycles. The Balaban J connectivity index is 2.20. The first kappa shape index (κ1) is 12.6. The zero-order chi connectivity index (χ0) is 13.1. The number of ether oxygens (including phenoxy) is 1. The second-order valence-electron chi connectivity index (χ2n) is 3.90. The van der Waals surface area contributed by atoms with Crippen molar-refractivity contribution in [3.63, 3.8) is 0 Å². The molecule has 0 amide bonds. The van der Waals surface area contributed by atoms with Crippen LogP contribution in [0.1, 0.15) is 26.6 Å². The second-order valence-corrected chi connectivity index (χ2v) is 4.84. The number of carbonyl (C=O) groups is 1. The maximum absolute atomic E-state index is 10.7. The number of hydrogen-bond donors (Lipinski definition) is 1. The van der Waals surface area contributed by atoms with E-state index in [0.717, 1.165) is 21.9 Å². The van der Waals surface area contributed by atoms with Gasteiger partial charge in [-0.15, -0.1) is 11.3 Å². The zero-order valence-electron chi connectivity index (χ0n) is 10.1. The van der Waals surface area contributed by atoms with Crippen LogP contribution in [0.4, 0.5) is 0 Å². The van der Waals surface area contributed by atoms with Crippen LogP contribution in [-0.2, 0) is 6.42 Å². The molecule has 1 aromatic carbocycles. The predicted octanol–water partition coefficient (Wildman–Crippen LogP) is 2.75. The van der Waals surface area contributed by atoms with E-state index in [-0.39, 0.29) is 5.69 Å². The Kier molecular flexibility index (Phi) is 3.62. The van der Waals surface area contributed by atoms with Gasteiger partial charge in [-0.2, -0.15) is 0 Å². The van der Waals surface area contributed by atoms with Gasteiger partial charge in [-0.1, -0.05) is 6.07 Å². The van der Waals surface area contributed by atoms with Gasteiger partial charge in [-0.25, -0.2) is 9.78 Å². The van der Waals surface area contributed by atoms with E-state index in [9.17, 15) is 4.79 Å². The van der Waals surface area contributed by atoms with Gasteiger partial charge in [0.1, 0.15) is 5.75 Å². The average molecular weight is 263 g/mol. The number of hydrogen-bond acceptors (Lipinski definition) is 4. The maximum atomic E-state index is 10.7. The van der Waals surface area contributed by atoms with Gasteiger partial charge in [-0.05, 0) is 30.2 Å². The summed E-state index contributed by atoms with van der Waals surface area (Å²) >= 11 is 1.37. The van der Waals surface area contributed by atoms with Crippen LogP contribution in [0.5, 0.6) is 5.75 Å². The smallest absolute Gasteiger partial charge is 0.355 e. The lowest BCUT2D eigenvalue weighted by molar-refractivity contribution is 0.0691. The summed E-state index contributed by atoms with van der Waals surface area (Å²) in [5.74, 6) is -0.162. The van der Waals surface area contributed by atoms with E-state index in [2.05, 4.69) is 4.98 Å². The Labute approximate surface area is 109 Å². The lowest BCUT2D eigenvalue weighted by Gasteiger charge is -2.06. The molecule has 1 heterocycles. The Hall–Kier alpha value is -1.88. The maximum Gasteiger partial charge on any atom is 0.355 e. The van der Waals surface area contributed by atoms with Crippen molar-refractivity contribution in [2.24, 2.45) is 0 Å². The van der Waals surface area contributed by atoms with E-state index >= 15 is 0 Å². The summed E-state index contributed by atoms with van der Waals surface area (Å²) < 4.78 is 5.15. The minimum atomic E-state index is -0.982. The number of carboxylic acid groups (broad SMARTS) is 1. The molecule has 94 valence electrons. The molecule has 0 spiro atoms. The molecule has 5 heteroatoms. The standard InChI is InChI=1S/C13H13NO3S/c1-8-5-10(17-2)4-3-9(8)6-12-14-11(7-18-12)13(15)16/h3-5,7H,6H2,1-2H3,(H,15,16). The van der Waals surface area contributed by atoms with Crippen LogP contribution in [0.3, 0.4) is 0 Å². The van der Waals surface area contributed by atoms with Gasteiger partial charge in [0, 0.05) is 11.8 Å². The zero-order valence-corrected chi connectivity index (χ0v) is 11.0. The van der Waals surface area contributed by atoms with E-state index < -0.39 is 5.97 Å². The number of thiazole rings is 1. The first-order valence-electron chi connectivity index (χ1n) is 5.41. The number of aromatic nitrogens is 1. The number of aromatic carboxylic acids is 1. The molecule has 0 aliphatic carbocycles. The van der Waals surface area contributed by atoms with Crippen molar-refractivity contribution in [2.75, 3.05) is 7.11 Å². The molecule has 0 aliphatic heterocycles. The lowest BCUT2D eigenvalue weighted by atomic mass is 10.1. The van der Waals surface area contributed by atoms with Gasteiger partial charge in [0.15, 0.2) is 5.69 Å². The summed E-state index contributed by atoms with van der Waals surface area (Å²) in [6, 6.07) is 5.84. The van der Waals surface area contributed by atoms with Crippen LogP contribution >= 0.6 is 11.3 Å². The topological polar surface area (TPSA) is 59.4 Å². The van der Waals surface area contributed by atoms with Crippen LogP contribution in [0.25, 0.3) is 0 Å². The van der Waals surface area contributed by atoms with Crippen LogP contribution < -0.4 is 4.74 Å². The molecule has 0 atom stereocenters. The van der Waals surface area contributed by atoms with Crippen LogP contribution in [-0.4, -0.2) is 23.2 Å². The number of nitrogens with zero attached hydrogens (tertiary/aromatic N) is 1. The van der Waals surface area contributed by atoms with Gasteiger partial charge in [-0.3, -0.25) is 0 Å². The van der Waals surface area contributed by atoms with Crippen LogP contribution in [0.2, 0.25) is 0 Å². The van der Waals surface area contributed by atoms with Crippen molar-refractivity contribution >= 4 is 17.3 Å². The number of aryl methyl sites for hydroxylation is 1. The monoisotopic (exact) mass is 263 g/mol. The van der Waals surface area contributed by atoms with Crippen molar-refractivity contribution in [1.82, 2.24) is 4.98 Å². The van der Waals surface area contributed by atoms with E-state index in [0.29, 0.717) is 6.42 Å². The highest BCUT2D eigenvalue weighted by Gasteiger charge is 2.10. The van der Waals surface area contributed by atoms with Gasteiger partial charge < -0.3 is 9.84 Å². The van der Waals surface area contributed by atoms with Gasteiger partial charge in [0.2, 0.25) is 0 Å². The largest absolute Gasteiger partial charge is 0.497 e. The van der Waals surface area contributed by atoms with E-state index in [1.54, 1.807) is 12.5 Å². The van der Waals surface area contributed by atoms with Crippen molar-refractivity contribution in [1.29, 1.82) is 0 Å². The Morgan fingerprint density at radius 1 is 1.50 bits per heavy atom. The van der Waals surface area contributed by atoms with Crippen LogP contribution in [0.15, 0.2) is 23.6 Å². The van der Waals surface area contributed by atoms with Crippen molar-refractivity contribution in [2.45, 2.75) is 13.3 Å². The fraction of sp³-hybridized carbons (Fsp3) is 0.231. The summed E-state index contributed by atoms with van der Waals surface area (Å²) in [6.07, 6.45) is 0.647. The number of benzene rings is 1.